The summed E-state index contributed by atoms with van der Waals surface area (Å²) in [6.07, 6.45) is 3.28. The summed E-state index contributed by atoms with van der Waals surface area (Å²) in [6, 6.07) is 4.22. The van der Waals surface area contributed by atoms with Gasteiger partial charge >= 0.3 is 0 Å². The number of aryl methyl sites for hydroxylation is 1. The first-order valence-electron chi connectivity index (χ1n) is 7.77. The van der Waals surface area contributed by atoms with E-state index in [4.69, 9.17) is 0 Å². The first kappa shape index (κ1) is 17.6. The van der Waals surface area contributed by atoms with Crippen LogP contribution in [0.3, 0.4) is 0 Å². The predicted molar refractivity (Wildman–Crippen MR) is 91.5 cm³/mol. The highest BCUT2D eigenvalue weighted by molar-refractivity contribution is 5.79. The van der Waals surface area contributed by atoms with E-state index in [0.717, 1.165) is 19.0 Å². The van der Waals surface area contributed by atoms with E-state index in [1.54, 1.807) is 0 Å². The molecule has 0 saturated carbocycles. The molecule has 0 radical (unpaired) electrons. The van der Waals surface area contributed by atoms with Crippen molar-refractivity contribution in [2.24, 2.45) is 23.4 Å². The number of nitrogens with one attached hydrogen (secondary N) is 1. The second-order valence-electron chi connectivity index (χ2n) is 7.13. The number of hydrogen-bond acceptors (Lipinski definition) is 1. The lowest BCUT2D eigenvalue weighted by molar-refractivity contribution is 0.282. The number of aliphatic imine (C=N–C) groups is 1. The van der Waals surface area contributed by atoms with Crippen molar-refractivity contribution in [3.63, 3.8) is 0 Å². The molecule has 0 amide bonds. The summed E-state index contributed by atoms with van der Waals surface area (Å²) >= 11 is 0. The highest BCUT2D eigenvalue weighted by Gasteiger charge is 2.20. The Hall–Kier alpha value is -1.45. The molecular weight excluding hydrogens is 260 g/mol. The van der Waals surface area contributed by atoms with Gasteiger partial charge in [-0.05, 0) is 29.9 Å². The lowest BCUT2D eigenvalue weighted by Crippen LogP contribution is -2.43. The zero-order valence-corrected chi connectivity index (χ0v) is 14.8. The minimum Gasteiger partial charge on any atom is -0.356 e. The molecule has 0 unspecified atom stereocenters. The van der Waals surface area contributed by atoms with Crippen LogP contribution in [0.4, 0.5) is 0 Å². The minimum absolute atomic E-state index is 0.274. The number of hydrogen-bond donors (Lipinski definition) is 1. The van der Waals surface area contributed by atoms with Crippen LogP contribution in [-0.2, 0) is 13.6 Å². The lowest BCUT2D eigenvalue weighted by atomic mass is 9.84. The van der Waals surface area contributed by atoms with E-state index in [1.807, 2.05) is 7.05 Å². The molecular formula is C17H32N4. The fraction of sp³-hybridized carbons (Fsp3) is 0.706. The van der Waals surface area contributed by atoms with Gasteiger partial charge in [-0.3, -0.25) is 4.99 Å². The highest BCUT2D eigenvalue weighted by Crippen LogP contribution is 2.24. The van der Waals surface area contributed by atoms with Gasteiger partial charge in [0, 0.05) is 39.6 Å². The van der Waals surface area contributed by atoms with Gasteiger partial charge in [-0.2, -0.15) is 0 Å². The molecule has 0 aromatic carbocycles. The van der Waals surface area contributed by atoms with Gasteiger partial charge < -0.3 is 14.8 Å². The van der Waals surface area contributed by atoms with Crippen LogP contribution in [0.25, 0.3) is 0 Å². The van der Waals surface area contributed by atoms with Crippen molar-refractivity contribution in [1.82, 2.24) is 14.8 Å². The van der Waals surface area contributed by atoms with Gasteiger partial charge in [0.2, 0.25) is 0 Å². The summed E-state index contributed by atoms with van der Waals surface area (Å²) in [5.41, 5.74) is 1.55. The standard InChI is InChI=1S/C17H32N4/c1-14(2)11-17(3,4)13-19-16(18-5)21(7)12-15-9-8-10-20(15)6/h8-10,14H,11-13H2,1-7H3,(H,18,19). The molecule has 1 N–H and O–H groups in total. The van der Waals surface area contributed by atoms with E-state index < -0.39 is 0 Å². The molecule has 1 rings (SSSR count). The van der Waals surface area contributed by atoms with E-state index in [-0.39, 0.29) is 5.41 Å². The number of aromatic nitrogens is 1. The lowest BCUT2D eigenvalue weighted by Gasteiger charge is -2.30. The van der Waals surface area contributed by atoms with Gasteiger partial charge in [-0.25, -0.2) is 0 Å². The third-order valence-electron chi connectivity index (χ3n) is 3.71. The molecule has 1 aromatic rings. The Kier molecular flexibility index (Phi) is 6.31. The Labute approximate surface area is 130 Å². The van der Waals surface area contributed by atoms with E-state index in [1.165, 1.54) is 12.1 Å². The molecule has 0 bridgehead atoms. The van der Waals surface area contributed by atoms with Crippen LogP contribution in [0.1, 0.15) is 39.8 Å². The molecule has 0 atom stereocenters. The second kappa shape index (κ2) is 7.53. The molecule has 1 heterocycles. The Balaban J connectivity index is 2.57. The molecule has 0 aliphatic rings. The molecule has 120 valence electrons. The molecule has 1 aromatic heterocycles. The van der Waals surface area contributed by atoms with Crippen molar-refractivity contribution < 1.29 is 0 Å². The number of guanidine groups is 1. The summed E-state index contributed by atoms with van der Waals surface area (Å²) in [4.78, 5) is 6.57. The first-order valence-corrected chi connectivity index (χ1v) is 7.77. The topological polar surface area (TPSA) is 32.6 Å². The number of rotatable bonds is 6. The van der Waals surface area contributed by atoms with Gasteiger partial charge in [0.1, 0.15) is 0 Å². The van der Waals surface area contributed by atoms with Crippen molar-refractivity contribution in [2.45, 2.75) is 40.7 Å². The molecule has 0 saturated heterocycles. The SMILES string of the molecule is CN=C(NCC(C)(C)CC(C)C)N(C)Cc1cccn1C. The smallest absolute Gasteiger partial charge is 0.193 e. The van der Waals surface area contributed by atoms with E-state index in [9.17, 15) is 0 Å². The average molecular weight is 292 g/mol. The molecule has 4 heteroatoms. The normalized spacial score (nSPS) is 12.9. The van der Waals surface area contributed by atoms with Crippen LogP contribution in [0.2, 0.25) is 0 Å². The fourth-order valence-corrected chi connectivity index (χ4v) is 2.86. The summed E-state index contributed by atoms with van der Waals surface area (Å²) < 4.78 is 2.15. The van der Waals surface area contributed by atoms with E-state index in [2.05, 4.69) is 79.9 Å². The predicted octanol–water partition coefficient (Wildman–Crippen LogP) is 3.10. The van der Waals surface area contributed by atoms with E-state index in [0.29, 0.717) is 5.92 Å². The largest absolute Gasteiger partial charge is 0.356 e. The maximum absolute atomic E-state index is 4.40. The van der Waals surface area contributed by atoms with Crippen LogP contribution >= 0.6 is 0 Å². The van der Waals surface area contributed by atoms with Crippen molar-refractivity contribution in [3.05, 3.63) is 24.0 Å². The quantitative estimate of drug-likeness (QED) is 0.645. The van der Waals surface area contributed by atoms with Crippen LogP contribution in [0, 0.1) is 11.3 Å². The van der Waals surface area contributed by atoms with Crippen molar-refractivity contribution in [1.29, 1.82) is 0 Å². The Morgan fingerprint density at radius 3 is 2.57 bits per heavy atom. The zero-order chi connectivity index (χ0) is 16.0. The Morgan fingerprint density at radius 2 is 2.10 bits per heavy atom. The third kappa shape index (κ3) is 5.82. The molecule has 0 aliphatic carbocycles. The maximum Gasteiger partial charge on any atom is 0.193 e. The van der Waals surface area contributed by atoms with Crippen molar-refractivity contribution >= 4 is 5.96 Å². The number of nitrogens with zero attached hydrogens (tertiary/aromatic N) is 3. The van der Waals surface area contributed by atoms with Gasteiger partial charge in [0.05, 0.1) is 6.54 Å². The molecule has 0 fully saturated rings. The first-order chi connectivity index (χ1) is 9.75. The molecule has 0 aliphatic heterocycles. The van der Waals surface area contributed by atoms with Gasteiger partial charge in [-0.15, -0.1) is 0 Å². The van der Waals surface area contributed by atoms with Gasteiger partial charge in [0.15, 0.2) is 5.96 Å². The van der Waals surface area contributed by atoms with Gasteiger partial charge in [-0.1, -0.05) is 27.7 Å². The van der Waals surface area contributed by atoms with Crippen molar-refractivity contribution in [2.75, 3.05) is 20.6 Å². The van der Waals surface area contributed by atoms with Crippen LogP contribution in [-0.4, -0.2) is 36.1 Å². The molecule has 0 spiro atoms. The minimum atomic E-state index is 0.274. The zero-order valence-electron chi connectivity index (χ0n) is 14.8. The van der Waals surface area contributed by atoms with Crippen LogP contribution in [0.5, 0.6) is 0 Å². The summed E-state index contributed by atoms with van der Waals surface area (Å²) in [6.45, 7) is 11.0. The highest BCUT2D eigenvalue weighted by atomic mass is 15.3. The second-order valence-corrected chi connectivity index (χ2v) is 7.13. The van der Waals surface area contributed by atoms with Gasteiger partial charge in [0.25, 0.3) is 0 Å². The maximum atomic E-state index is 4.40. The monoisotopic (exact) mass is 292 g/mol. The van der Waals surface area contributed by atoms with Crippen LogP contribution < -0.4 is 5.32 Å². The summed E-state index contributed by atoms with van der Waals surface area (Å²) in [5, 5.41) is 3.51. The summed E-state index contributed by atoms with van der Waals surface area (Å²) in [5.74, 6) is 1.66. The summed E-state index contributed by atoms with van der Waals surface area (Å²) in [7, 11) is 6.00. The van der Waals surface area contributed by atoms with Crippen molar-refractivity contribution in [3.8, 4) is 0 Å². The third-order valence-corrected chi connectivity index (χ3v) is 3.71. The fourth-order valence-electron chi connectivity index (χ4n) is 2.86. The molecule has 4 nitrogen and oxygen atoms in total. The van der Waals surface area contributed by atoms with Crippen LogP contribution in [0.15, 0.2) is 23.3 Å². The molecule has 21 heavy (non-hydrogen) atoms. The van der Waals surface area contributed by atoms with E-state index >= 15 is 0 Å². The Bertz CT molecular complexity index is 457. The Morgan fingerprint density at radius 1 is 1.43 bits per heavy atom. The average Bonchev–Trinajstić information content (AvgIpc) is 2.74.